The number of hydrogen-bond acceptors (Lipinski definition) is 1. The predicted molar refractivity (Wildman–Crippen MR) is 79.2 cm³/mol. The third kappa shape index (κ3) is 3.27. The third-order valence-corrected chi connectivity index (χ3v) is 3.41. The molecule has 0 bridgehead atoms. The molecule has 1 nitrogen and oxygen atoms in total. The fourth-order valence-corrected chi connectivity index (χ4v) is 2.47. The van der Waals surface area contributed by atoms with Crippen LogP contribution >= 0.6 is 11.6 Å². The van der Waals surface area contributed by atoms with Gasteiger partial charge in [-0.25, -0.2) is 4.39 Å². The molecule has 2 aromatic rings. The monoisotopic (exact) mass is 277 g/mol. The van der Waals surface area contributed by atoms with Crippen LogP contribution in [0.15, 0.2) is 42.5 Å². The highest BCUT2D eigenvalue weighted by molar-refractivity contribution is 6.17. The highest BCUT2D eigenvalue weighted by atomic mass is 35.5. The van der Waals surface area contributed by atoms with Gasteiger partial charge in [0.2, 0.25) is 0 Å². The summed E-state index contributed by atoms with van der Waals surface area (Å²) in [6.45, 7) is 2.80. The molecule has 0 amide bonds. The first-order valence-electron chi connectivity index (χ1n) is 6.22. The zero-order chi connectivity index (χ0) is 13.8. The SMILES string of the molecule is Cc1cccc(CN(C)c2cccc(F)c2CCl)c1. The maximum absolute atomic E-state index is 13.7. The first kappa shape index (κ1) is 13.9. The summed E-state index contributed by atoms with van der Waals surface area (Å²) < 4.78 is 13.7. The Morgan fingerprint density at radius 1 is 1.16 bits per heavy atom. The van der Waals surface area contributed by atoms with Gasteiger partial charge < -0.3 is 4.90 Å². The lowest BCUT2D eigenvalue weighted by Crippen LogP contribution is -2.18. The van der Waals surface area contributed by atoms with E-state index >= 15 is 0 Å². The third-order valence-electron chi connectivity index (χ3n) is 3.14. The summed E-state index contributed by atoms with van der Waals surface area (Å²) >= 11 is 5.84. The molecule has 0 unspecified atom stereocenters. The number of benzene rings is 2. The van der Waals surface area contributed by atoms with Gasteiger partial charge in [0.25, 0.3) is 0 Å². The largest absolute Gasteiger partial charge is 0.370 e. The van der Waals surface area contributed by atoms with Crippen molar-refractivity contribution in [2.45, 2.75) is 19.3 Å². The smallest absolute Gasteiger partial charge is 0.129 e. The van der Waals surface area contributed by atoms with Crippen LogP contribution < -0.4 is 4.90 Å². The van der Waals surface area contributed by atoms with Crippen molar-refractivity contribution in [1.82, 2.24) is 0 Å². The van der Waals surface area contributed by atoms with E-state index in [2.05, 4.69) is 25.1 Å². The molecule has 0 radical (unpaired) electrons. The average Bonchev–Trinajstić information content (AvgIpc) is 2.38. The van der Waals surface area contributed by atoms with Crippen molar-refractivity contribution in [1.29, 1.82) is 0 Å². The molecule has 2 rings (SSSR count). The summed E-state index contributed by atoms with van der Waals surface area (Å²) in [5.74, 6) is -0.0660. The molecule has 100 valence electrons. The van der Waals surface area contributed by atoms with Gasteiger partial charge in [-0.1, -0.05) is 35.9 Å². The summed E-state index contributed by atoms with van der Waals surface area (Å²) in [5, 5.41) is 0. The van der Waals surface area contributed by atoms with Crippen LogP contribution in [0.1, 0.15) is 16.7 Å². The molecule has 0 atom stereocenters. The Morgan fingerprint density at radius 3 is 2.58 bits per heavy atom. The van der Waals surface area contributed by atoms with E-state index in [1.54, 1.807) is 6.07 Å². The van der Waals surface area contributed by atoms with E-state index < -0.39 is 0 Å². The number of rotatable bonds is 4. The number of aryl methyl sites for hydroxylation is 1. The minimum Gasteiger partial charge on any atom is -0.370 e. The summed E-state index contributed by atoms with van der Waals surface area (Å²) in [4.78, 5) is 2.02. The lowest BCUT2D eigenvalue weighted by molar-refractivity contribution is 0.616. The molecule has 2 aromatic carbocycles. The maximum Gasteiger partial charge on any atom is 0.129 e. The van der Waals surface area contributed by atoms with Gasteiger partial charge in [0.15, 0.2) is 0 Å². The molecule has 0 N–H and O–H groups in total. The van der Waals surface area contributed by atoms with Gasteiger partial charge in [-0.05, 0) is 24.6 Å². The highest BCUT2D eigenvalue weighted by Crippen LogP contribution is 2.25. The number of nitrogens with zero attached hydrogens (tertiary/aromatic N) is 1. The number of anilines is 1. The average molecular weight is 278 g/mol. The Bertz CT molecular complexity index is 568. The van der Waals surface area contributed by atoms with Gasteiger partial charge >= 0.3 is 0 Å². The van der Waals surface area contributed by atoms with Crippen LogP contribution in [0.2, 0.25) is 0 Å². The Morgan fingerprint density at radius 2 is 1.89 bits per heavy atom. The second kappa shape index (κ2) is 6.07. The number of halogens is 2. The quantitative estimate of drug-likeness (QED) is 0.743. The Balaban J connectivity index is 2.25. The van der Waals surface area contributed by atoms with E-state index in [9.17, 15) is 4.39 Å². The summed E-state index contributed by atoms with van der Waals surface area (Å²) in [7, 11) is 1.95. The van der Waals surface area contributed by atoms with Gasteiger partial charge in [0.1, 0.15) is 5.82 Å². The molecule has 0 saturated heterocycles. The second-order valence-electron chi connectivity index (χ2n) is 4.72. The predicted octanol–water partition coefficient (Wildman–Crippen LogP) is 4.51. The van der Waals surface area contributed by atoms with Gasteiger partial charge in [-0.3, -0.25) is 0 Å². The molecule has 0 spiro atoms. The molecule has 0 aromatic heterocycles. The fourth-order valence-electron chi connectivity index (χ4n) is 2.21. The van der Waals surface area contributed by atoms with Crippen LogP contribution in [0.5, 0.6) is 0 Å². The first-order chi connectivity index (χ1) is 9.11. The molecule has 19 heavy (non-hydrogen) atoms. The fraction of sp³-hybridized carbons (Fsp3) is 0.250. The standard InChI is InChI=1S/C16H17ClFN/c1-12-5-3-6-13(9-12)11-19(2)16-8-4-7-15(18)14(16)10-17/h3-9H,10-11H2,1-2H3. The van der Waals surface area contributed by atoms with Crippen molar-refractivity contribution in [2.24, 2.45) is 0 Å². The number of hydrogen-bond donors (Lipinski definition) is 0. The van der Waals surface area contributed by atoms with Crippen LogP contribution in [-0.2, 0) is 12.4 Å². The van der Waals surface area contributed by atoms with E-state index in [4.69, 9.17) is 11.6 Å². The summed E-state index contributed by atoms with van der Waals surface area (Å²) in [6, 6.07) is 13.4. The minimum atomic E-state index is -0.247. The van der Waals surface area contributed by atoms with Crippen molar-refractivity contribution in [3.8, 4) is 0 Å². The molecule has 3 heteroatoms. The van der Waals surface area contributed by atoms with Crippen LogP contribution in [-0.4, -0.2) is 7.05 Å². The van der Waals surface area contributed by atoms with E-state index in [0.29, 0.717) is 5.56 Å². The first-order valence-corrected chi connectivity index (χ1v) is 6.75. The Labute approximate surface area is 118 Å². The number of alkyl halides is 1. The van der Waals surface area contributed by atoms with Crippen molar-refractivity contribution in [2.75, 3.05) is 11.9 Å². The van der Waals surface area contributed by atoms with Gasteiger partial charge in [0, 0.05) is 24.8 Å². The highest BCUT2D eigenvalue weighted by Gasteiger charge is 2.11. The lowest BCUT2D eigenvalue weighted by atomic mass is 10.1. The van der Waals surface area contributed by atoms with Crippen LogP contribution in [0.25, 0.3) is 0 Å². The maximum atomic E-state index is 13.7. The normalized spacial score (nSPS) is 10.5. The molecular formula is C16H17ClFN. The van der Waals surface area contributed by atoms with Gasteiger partial charge in [-0.2, -0.15) is 0 Å². The van der Waals surface area contributed by atoms with Crippen LogP contribution in [0.4, 0.5) is 10.1 Å². The Hall–Kier alpha value is -1.54. The molecule has 0 aliphatic heterocycles. The van der Waals surface area contributed by atoms with Crippen molar-refractivity contribution < 1.29 is 4.39 Å². The summed E-state index contributed by atoms with van der Waals surface area (Å²) in [5.41, 5.74) is 3.82. The molecule has 0 saturated carbocycles. The zero-order valence-electron chi connectivity index (χ0n) is 11.2. The van der Waals surface area contributed by atoms with Crippen molar-refractivity contribution in [3.63, 3.8) is 0 Å². The molecule has 0 fully saturated rings. The van der Waals surface area contributed by atoms with Crippen LogP contribution in [0, 0.1) is 12.7 Å². The van der Waals surface area contributed by atoms with Crippen molar-refractivity contribution >= 4 is 17.3 Å². The van der Waals surface area contributed by atoms with Crippen LogP contribution in [0.3, 0.4) is 0 Å². The molecule has 0 aliphatic rings. The Kier molecular flexibility index (Phi) is 4.43. The zero-order valence-corrected chi connectivity index (χ0v) is 11.9. The van der Waals surface area contributed by atoms with E-state index in [-0.39, 0.29) is 11.7 Å². The summed E-state index contributed by atoms with van der Waals surface area (Å²) in [6.07, 6.45) is 0. The lowest BCUT2D eigenvalue weighted by Gasteiger charge is -2.22. The molecule has 0 heterocycles. The minimum absolute atomic E-state index is 0.181. The second-order valence-corrected chi connectivity index (χ2v) is 4.98. The van der Waals surface area contributed by atoms with E-state index in [1.807, 2.05) is 24.1 Å². The molecule has 0 aliphatic carbocycles. The van der Waals surface area contributed by atoms with Crippen molar-refractivity contribution in [3.05, 3.63) is 65.0 Å². The van der Waals surface area contributed by atoms with E-state index in [0.717, 1.165) is 12.2 Å². The topological polar surface area (TPSA) is 3.24 Å². The van der Waals surface area contributed by atoms with Gasteiger partial charge in [0.05, 0.1) is 5.88 Å². The van der Waals surface area contributed by atoms with Gasteiger partial charge in [-0.15, -0.1) is 11.6 Å². The molecular weight excluding hydrogens is 261 g/mol. The van der Waals surface area contributed by atoms with E-state index in [1.165, 1.54) is 17.2 Å².